The van der Waals surface area contributed by atoms with Gasteiger partial charge in [-0.1, -0.05) is 11.6 Å². The van der Waals surface area contributed by atoms with Crippen molar-refractivity contribution in [3.05, 3.63) is 70.3 Å². The van der Waals surface area contributed by atoms with Crippen molar-refractivity contribution in [2.24, 2.45) is 0 Å². The Bertz CT molecular complexity index is 1130. The molecule has 0 aliphatic heterocycles. The number of carbonyl (C=O) groups is 1. The molecule has 10 heteroatoms. The molecular weight excluding hydrogens is 438 g/mol. The average Bonchev–Trinajstić information content (AvgIpc) is 3.30. The van der Waals surface area contributed by atoms with Crippen molar-refractivity contribution < 1.29 is 27.1 Å². The number of carbonyl (C=O) groups excluding carboxylic acids is 1. The molecule has 1 aromatic heterocycles. The standard InChI is InChI=1S/C21H16ClF4N3O2/c22-12-4-9-18(31-11-21(24,25)26)16(10-12)27-20(30)19-15-2-1-3-17(15)29(28-19)14-7-5-13(23)6-8-14/h4-10H,1-3,11H2,(H,27,30). The van der Waals surface area contributed by atoms with E-state index in [0.717, 1.165) is 17.7 Å². The third-order valence-electron chi connectivity index (χ3n) is 4.80. The van der Waals surface area contributed by atoms with Gasteiger partial charge in [0.15, 0.2) is 12.3 Å². The molecule has 31 heavy (non-hydrogen) atoms. The minimum Gasteiger partial charge on any atom is -0.482 e. The van der Waals surface area contributed by atoms with Gasteiger partial charge in [0.1, 0.15) is 11.6 Å². The Morgan fingerprint density at radius 1 is 1.16 bits per heavy atom. The number of amides is 1. The second kappa shape index (κ2) is 8.22. The molecule has 0 radical (unpaired) electrons. The first-order chi connectivity index (χ1) is 14.7. The Morgan fingerprint density at radius 3 is 2.61 bits per heavy atom. The van der Waals surface area contributed by atoms with Gasteiger partial charge in [-0.2, -0.15) is 18.3 Å². The molecule has 0 fully saturated rings. The molecule has 0 spiro atoms. The van der Waals surface area contributed by atoms with Crippen LogP contribution in [0.1, 0.15) is 28.2 Å². The third kappa shape index (κ3) is 4.66. The van der Waals surface area contributed by atoms with Gasteiger partial charge < -0.3 is 10.1 Å². The SMILES string of the molecule is O=C(Nc1cc(Cl)ccc1OCC(F)(F)F)c1nn(-c2ccc(F)cc2)c2c1CCC2. The smallest absolute Gasteiger partial charge is 0.422 e. The first-order valence-electron chi connectivity index (χ1n) is 9.38. The quantitative estimate of drug-likeness (QED) is 0.530. The van der Waals surface area contributed by atoms with Crippen LogP contribution in [0, 0.1) is 5.82 Å². The molecule has 1 aliphatic carbocycles. The van der Waals surface area contributed by atoms with Gasteiger partial charge in [-0.25, -0.2) is 9.07 Å². The van der Waals surface area contributed by atoms with Crippen molar-refractivity contribution in [1.82, 2.24) is 9.78 Å². The molecule has 3 aromatic rings. The number of aromatic nitrogens is 2. The zero-order valence-electron chi connectivity index (χ0n) is 16.0. The summed E-state index contributed by atoms with van der Waals surface area (Å²) in [6.45, 7) is -1.51. The number of rotatable bonds is 5. The van der Waals surface area contributed by atoms with Crippen molar-refractivity contribution in [2.75, 3.05) is 11.9 Å². The highest BCUT2D eigenvalue weighted by molar-refractivity contribution is 6.31. The Morgan fingerprint density at radius 2 is 1.90 bits per heavy atom. The lowest BCUT2D eigenvalue weighted by Crippen LogP contribution is -2.21. The highest BCUT2D eigenvalue weighted by Crippen LogP contribution is 2.32. The number of hydrogen-bond donors (Lipinski definition) is 1. The number of ether oxygens (including phenoxy) is 1. The minimum atomic E-state index is -4.53. The topological polar surface area (TPSA) is 56.1 Å². The van der Waals surface area contributed by atoms with Crippen molar-refractivity contribution >= 4 is 23.2 Å². The van der Waals surface area contributed by atoms with Crippen LogP contribution in [-0.4, -0.2) is 28.5 Å². The monoisotopic (exact) mass is 453 g/mol. The van der Waals surface area contributed by atoms with Crippen LogP contribution in [0.3, 0.4) is 0 Å². The molecule has 162 valence electrons. The number of anilines is 1. The summed E-state index contributed by atoms with van der Waals surface area (Å²) < 4.78 is 57.3. The number of halogens is 5. The van der Waals surface area contributed by atoms with Gasteiger partial charge in [0, 0.05) is 16.3 Å². The van der Waals surface area contributed by atoms with Gasteiger partial charge in [0.2, 0.25) is 0 Å². The van der Waals surface area contributed by atoms with Crippen LogP contribution in [0.15, 0.2) is 42.5 Å². The van der Waals surface area contributed by atoms with E-state index in [2.05, 4.69) is 10.4 Å². The summed E-state index contributed by atoms with van der Waals surface area (Å²) >= 11 is 5.95. The molecule has 1 amide bonds. The molecule has 1 heterocycles. The first kappa shape index (κ1) is 21.2. The van der Waals surface area contributed by atoms with E-state index in [4.69, 9.17) is 16.3 Å². The molecule has 4 rings (SSSR count). The molecule has 1 aliphatic rings. The van der Waals surface area contributed by atoms with E-state index in [0.29, 0.717) is 18.5 Å². The molecule has 5 nitrogen and oxygen atoms in total. The zero-order chi connectivity index (χ0) is 22.2. The summed E-state index contributed by atoms with van der Waals surface area (Å²) in [6.07, 6.45) is -2.38. The fourth-order valence-corrected chi connectivity index (χ4v) is 3.65. The summed E-state index contributed by atoms with van der Waals surface area (Å²) in [6, 6.07) is 9.64. The Hall–Kier alpha value is -3.07. The number of alkyl halides is 3. The van der Waals surface area contributed by atoms with Crippen LogP contribution in [0.5, 0.6) is 5.75 Å². The summed E-state index contributed by atoms with van der Waals surface area (Å²) in [5, 5.41) is 7.17. The Labute approximate surface area is 179 Å². The maximum atomic E-state index is 13.3. The third-order valence-corrected chi connectivity index (χ3v) is 5.03. The number of hydrogen-bond acceptors (Lipinski definition) is 3. The lowest BCUT2D eigenvalue weighted by molar-refractivity contribution is -0.153. The van der Waals surface area contributed by atoms with Crippen molar-refractivity contribution in [3.8, 4) is 11.4 Å². The van der Waals surface area contributed by atoms with E-state index in [9.17, 15) is 22.4 Å². The summed E-state index contributed by atoms with van der Waals surface area (Å²) in [5.74, 6) is -1.15. The normalized spacial score (nSPS) is 13.2. The maximum absolute atomic E-state index is 13.3. The van der Waals surface area contributed by atoms with Crippen LogP contribution in [-0.2, 0) is 12.8 Å². The summed E-state index contributed by atoms with van der Waals surface area (Å²) in [5.41, 5.74) is 2.36. The van der Waals surface area contributed by atoms with Gasteiger partial charge in [-0.15, -0.1) is 0 Å². The van der Waals surface area contributed by atoms with E-state index in [1.165, 1.54) is 30.3 Å². The summed E-state index contributed by atoms with van der Waals surface area (Å²) in [4.78, 5) is 13.0. The van der Waals surface area contributed by atoms with E-state index in [1.807, 2.05) is 0 Å². The second-order valence-corrected chi connectivity index (χ2v) is 7.45. The van der Waals surface area contributed by atoms with E-state index < -0.39 is 24.5 Å². The van der Waals surface area contributed by atoms with Gasteiger partial charge in [-0.3, -0.25) is 4.79 Å². The van der Waals surface area contributed by atoms with Crippen LogP contribution in [0.4, 0.5) is 23.2 Å². The van der Waals surface area contributed by atoms with Crippen molar-refractivity contribution in [3.63, 3.8) is 0 Å². The molecule has 0 unspecified atom stereocenters. The number of nitrogens with one attached hydrogen (secondary N) is 1. The molecule has 2 aromatic carbocycles. The van der Waals surface area contributed by atoms with Crippen LogP contribution in [0.2, 0.25) is 5.02 Å². The van der Waals surface area contributed by atoms with Gasteiger partial charge in [-0.05, 0) is 61.7 Å². The fourth-order valence-electron chi connectivity index (χ4n) is 3.48. The van der Waals surface area contributed by atoms with E-state index in [1.54, 1.807) is 16.8 Å². The molecule has 0 saturated carbocycles. The van der Waals surface area contributed by atoms with Crippen LogP contribution >= 0.6 is 11.6 Å². The van der Waals surface area contributed by atoms with Crippen molar-refractivity contribution in [1.29, 1.82) is 0 Å². The second-order valence-electron chi connectivity index (χ2n) is 7.01. The molecule has 0 saturated heterocycles. The highest BCUT2D eigenvalue weighted by atomic mass is 35.5. The molecular formula is C21H16ClF4N3O2. The van der Waals surface area contributed by atoms with Crippen molar-refractivity contribution in [2.45, 2.75) is 25.4 Å². The molecule has 0 bridgehead atoms. The lowest BCUT2D eigenvalue weighted by atomic mass is 10.2. The summed E-state index contributed by atoms with van der Waals surface area (Å²) in [7, 11) is 0. The van der Waals surface area contributed by atoms with Gasteiger partial charge in [0.25, 0.3) is 5.91 Å². The van der Waals surface area contributed by atoms with Crippen LogP contribution < -0.4 is 10.1 Å². The van der Waals surface area contributed by atoms with Crippen LogP contribution in [0.25, 0.3) is 5.69 Å². The van der Waals surface area contributed by atoms with Gasteiger partial charge in [0.05, 0.1) is 11.4 Å². The average molecular weight is 454 g/mol. The van der Waals surface area contributed by atoms with E-state index >= 15 is 0 Å². The Kier molecular flexibility index (Phi) is 5.62. The largest absolute Gasteiger partial charge is 0.482 e. The first-order valence-corrected chi connectivity index (χ1v) is 9.76. The number of benzene rings is 2. The predicted octanol–water partition coefficient (Wildman–Crippen LogP) is 5.35. The molecule has 1 N–H and O–H groups in total. The number of fused-ring (bicyclic) bond motifs is 1. The zero-order valence-corrected chi connectivity index (χ0v) is 16.7. The lowest BCUT2D eigenvalue weighted by Gasteiger charge is -2.14. The number of nitrogens with zero attached hydrogens (tertiary/aromatic N) is 2. The Balaban J connectivity index is 1.64. The van der Waals surface area contributed by atoms with E-state index in [-0.39, 0.29) is 22.2 Å². The predicted molar refractivity (Wildman–Crippen MR) is 107 cm³/mol. The highest BCUT2D eigenvalue weighted by Gasteiger charge is 2.30. The van der Waals surface area contributed by atoms with Gasteiger partial charge >= 0.3 is 6.18 Å². The minimum absolute atomic E-state index is 0.00447. The fraction of sp³-hybridized carbons (Fsp3) is 0.238. The maximum Gasteiger partial charge on any atom is 0.422 e. The molecule has 0 atom stereocenters.